The number of halogens is 1. The molecule has 0 atom stereocenters. The number of hydrogen-bond donors (Lipinski definition) is 2. The fourth-order valence-electron chi connectivity index (χ4n) is 2.56. The van der Waals surface area contributed by atoms with E-state index in [1.807, 2.05) is 0 Å². The van der Waals surface area contributed by atoms with Crippen LogP contribution in [0.5, 0.6) is 0 Å². The van der Waals surface area contributed by atoms with E-state index in [-0.39, 0.29) is 11.4 Å². The van der Waals surface area contributed by atoms with Gasteiger partial charge in [-0.3, -0.25) is 19.7 Å². The van der Waals surface area contributed by atoms with E-state index >= 15 is 0 Å². The van der Waals surface area contributed by atoms with E-state index in [0.717, 1.165) is 5.56 Å². The summed E-state index contributed by atoms with van der Waals surface area (Å²) >= 11 is 7.24. The SMILES string of the molecule is Cc1ccc(Cl)cc1NC(=O)C(=Cc1cccc([N+](=O)[O-])c1)NC(=O)c1cccs1. The summed E-state index contributed by atoms with van der Waals surface area (Å²) in [4.78, 5) is 36.4. The Kier molecular flexibility index (Phi) is 6.61. The zero-order chi connectivity index (χ0) is 21.7. The molecule has 0 spiro atoms. The monoisotopic (exact) mass is 441 g/mol. The summed E-state index contributed by atoms with van der Waals surface area (Å²) in [6, 6.07) is 14.2. The Morgan fingerprint density at radius 1 is 1.13 bits per heavy atom. The molecule has 2 N–H and O–H groups in total. The second kappa shape index (κ2) is 9.34. The Bertz CT molecular complexity index is 1140. The molecule has 3 aromatic rings. The van der Waals surface area contributed by atoms with Crippen LogP contribution in [0.3, 0.4) is 0 Å². The van der Waals surface area contributed by atoms with E-state index in [9.17, 15) is 19.7 Å². The minimum absolute atomic E-state index is 0.0618. The second-order valence-corrected chi connectivity index (χ2v) is 7.64. The van der Waals surface area contributed by atoms with Crippen LogP contribution >= 0.6 is 22.9 Å². The van der Waals surface area contributed by atoms with Crippen molar-refractivity contribution in [2.75, 3.05) is 5.32 Å². The first-order chi connectivity index (χ1) is 14.3. The Hall–Kier alpha value is -3.49. The normalized spacial score (nSPS) is 11.1. The number of aryl methyl sites for hydroxylation is 1. The zero-order valence-corrected chi connectivity index (χ0v) is 17.3. The molecule has 152 valence electrons. The number of nitrogens with zero attached hydrogens (tertiary/aromatic N) is 1. The van der Waals surface area contributed by atoms with Crippen LogP contribution in [0.2, 0.25) is 5.02 Å². The maximum absolute atomic E-state index is 12.9. The molecule has 1 aromatic heterocycles. The highest BCUT2D eigenvalue weighted by molar-refractivity contribution is 7.12. The summed E-state index contributed by atoms with van der Waals surface area (Å²) in [7, 11) is 0. The van der Waals surface area contributed by atoms with Crippen molar-refractivity contribution < 1.29 is 14.5 Å². The summed E-state index contributed by atoms with van der Waals surface area (Å²) < 4.78 is 0. The number of benzene rings is 2. The lowest BCUT2D eigenvalue weighted by molar-refractivity contribution is -0.384. The number of thiophene rings is 1. The number of nitrogens with one attached hydrogen (secondary N) is 2. The number of rotatable bonds is 6. The van der Waals surface area contributed by atoms with E-state index < -0.39 is 16.7 Å². The lowest BCUT2D eigenvalue weighted by Gasteiger charge is -2.12. The highest BCUT2D eigenvalue weighted by Gasteiger charge is 2.17. The maximum atomic E-state index is 12.9. The summed E-state index contributed by atoms with van der Waals surface area (Å²) in [5.74, 6) is -1.04. The number of non-ortho nitro benzene ring substituents is 1. The van der Waals surface area contributed by atoms with E-state index in [1.165, 1.54) is 35.6 Å². The first-order valence-corrected chi connectivity index (χ1v) is 9.98. The third kappa shape index (κ3) is 5.31. The van der Waals surface area contributed by atoms with Crippen LogP contribution in [0.15, 0.2) is 65.7 Å². The van der Waals surface area contributed by atoms with Crippen LogP contribution in [-0.2, 0) is 4.79 Å². The van der Waals surface area contributed by atoms with Gasteiger partial charge in [-0.1, -0.05) is 35.9 Å². The lowest BCUT2D eigenvalue weighted by atomic mass is 10.1. The van der Waals surface area contributed by atoms with Gasteiger partial charge >= 0.3 is 0 Å². The van der Waals surface area contributed by atoms with Gasteiger partial charge in [0.05, 0.1) is 9.80 Å². The Labute approximate surface area is 181 Å². The number of carbonyl (C=O) groups is 2. The average molecular weight is 442 g/mol. The Morgan fingerprint density at radius 2 is 1.93 bits per heavy atom. The van der Waals surface area contributed by atoms with Gasteiger partial charge < -0.3 is 10.6 Å². The van der Waals surface area contributed by atoms with E-state index in [4.69, 9.17) is 11.6 Å². The summed E-state index contributed by atoms with van der Waals surface area (Å²) in [6.45, 7) is 1.81. The van der Waals surface area contributed by atoms with Gasteiger partial charge in [0.15, 0.2) is 0 Å². The van der Waals surface area contributed by atoms with Crippen LogP contribution in [-0.4, -0.2) is 16.7 Å². The minimum atomic E-state index is -0.586. The summed E-state index contributed by atoms with van der Waals surface area (Å²) in [6.07, 6.45) is 1.38. The maximum Gasteiger partial charge on any atom is 0.272 e. The molecule has 7 nitrogen and oxygen atoms in total. The smallest absolute Gasteiger partial charge is 0.272 e. The third-order valence-corrected chi connectivity index (χ3v) is 5.18. The molecular weight excluding hydrogens is 426 g/mol. The van der Waals surface area contributed by atoms with Gasteiger partial charge in [-0.2, -0.15) is 0 Å². The molecule has 3 rings (SSSR count). The first kappa shape index (κ1) is 21.2. The predicted octanol–water partition coefficient (Wildman–Crippen LogP) is 5.03. The van der Waals surface area contributed by atoms with Gasteiger partial charge in [0.2, 0.25) is 0 Å². The molecule has 0 fully saturated rings. The lowest BCUT2D eigenvalue weighted by Crippen LogP contribution is -2.30. The number of nitro benzene ring substituents is 1. The van der Waals surface area contributed by atoms with Gasteiger partial charge in [0, 0.05) is 22.8 Å². The van der Waals surface area contributed by atoms with Crippen molar-refractivity contribution >= 4 is 52.2 Å². The fourth-order valence-corrected chi connectivity index (χ4v) is 3.35. The van der Waals surface area contributed by atoms with Gasteiger partial charge in [0.25, 0.3) is 17.5 Å². The molecule has 0 bridgehead atoms. The third-order valence-electron chi connectivity index (χ3n) is 4.08. The van der Waals surface area contributed by atoms with E-state index in [1.54, 1.807) is 48.7 Å². The van der Waals surface area contributed by atoms with Crippen molar-refractivity contribution in [1.82, 2.24) is 5.32 Å². The fraction of sp³-hybridized carbons (Fsp3) is 0.0476. The Balaban J connectivity index is 1.95. The van der Waals surface area contributed by atoms with Crippen molar-refractivity contribution in [3.8, 4) is 0 Å². The summed E-state index contributed by atoms with van der Waals surface area (Å²) in [5.41, 5.74) is 1.48. The van der Waals surface area contributed by atoms with Gasteiger partial charge in [0.1, 0.15) is 5.70 Å². The molecule has 0 aliphatic carbocycles. The molecule has 2 aromatic carbocycles. The van der Waals surface area contributed by atoms with Crippen LogP contribution in [0.1, 0.15) is 20.8 Å². The largest absolute Gasteiger partial charge is 0.320 e. The van der Waals surface area contributed by atoms with Crippen LogP contribution < -0.4 is 10.6 Å². The standard InChI is InChI=1S/C21H16ClN3O4S/c1-13-7-8-15(22)12-17(13)23-20(26)18(24-21(27)19-6-3-9-30-19)11-14-4-2-5-16(10-14)25(28)29/h2-12H,1H3,(H,23,26)(H,24,27). The molecule has 0 saturated heterocycles. The van der Waals surface area contributed by atoms with Crippen molar-refractivity contribution in [1.29, 1.82) is 0 Å². The average Bonchev–Trinajstić information content (AvgIpc) is 3.25. The minimum Gasteiger partial charge on any atom is -0.320 e. The molecule has 0 aliphatic rings. The van der Waals surface area contributed by atoms with Crippen LogP contribution in [0, 0.1) is 17.0 Å². The number of hydrogen-bond acceptors (Lipinski definition) is 5. The molecule has 0 radical (unpaired) electrons. The zero-order valence-electron chi connectivity index (χ0n) is 15.7. The van der Waals surface area contributed by atoms with Crippen molar-refractivity contribution in [3.05, 3.63) is 96.8 Å². The molecule has 2 amide bonds. The molecule has 0 saturated carbocycles. The van der Waals surface area contributed by atoms with Gasteiger partial charge in [-0.15, -0.1) is 11.3 Å². The van der Waals surface area contributed by atoms with Crippen LogP contribution in [0.25, 0.3) is 6.08 Å². The van der Waals surface area contributed by atoms with Gasteiger partial charge in [-0.05, 0) is 47.7 Å². The molecule has 0 aliphatic heterocycles. The number of anilines is 1. The Morgan fingerprint density at radius 3 is 2.63 bits per heavy atom. The molecular formula is C21H16ClN3O4S. The van der Waals surface area contributed by atoms with Crippen molar-refractivity contribution in [3.63, 3.8) is 0 Å². The predicted molar refractivity (Wildman–Crippen MR) is 118 cm³/mol. The first-order valence-electron chi connectivity index (χ1n) is 8.72. The highest BCUT2D eigenvalue weighted by atomic mass is 35.5. The van der Waals surface area contributed by atoms with Crippen LogP contribution in [0.4, 0.5) is 11.4 Å². The van der Waals surface area contributed by atoms with Crippen molar-refractivity contribution in [2.24, 2.45) is 0 Å². The highest BCUT2D eigenvalue weighted by Crippen LogP contribution is 2.22. The molecule has 0 unspecified atom stereocenters. The molecule has 1 heterocycles. The quantitative estimate of drug-likeness (QED) is 0.318. The molecule has 30 heavy (non-hydrogen) atoms. The van der Waals surface area contributed by atoms with E-state index in [2.05, 4.69) is 10.6 Å². The second-order valence-electron chi connectivity index (χ2n) is 6.25. The number of nitro groups is 1. The van der Waals surface area contributed by atoms with Crippen molar-refractivity contribution in [2.45, 2.75) is 6.92 Å². The van der Waals surface area contributed by atoms with E-state index in [0.29, 0.717) is 21.2 Å². The van der Waals surface area contributed by atoms with Gasteiger partial charge in [-0.25, -0.2) is 0 Å². The number of carbonyl (C=O) groups excluding carboxylic acids is 2. The summed E-state index contributed by atoms with van der Waals surface area (Å²) in [5, 5.41) is 18.5. The molecule has 9 heteroatoms. The topological polar surface area (TPSA) is 101 Å². The number of amides is 2.